The van der Waals surface area contributed by atoms with E-state index in [1.54, 1.807) is 6.07 Å². The van der Waals surface area contributed by atoms with E-state index in [9.17, 15) is 17.6 Å². The van der Waals surface area contributed by atoms with Crippen LogP contribution in [-0.2, 0) is 11.6 Å². The zero-order valence-electron chi connectivity index (χ0n) is 12.3. The van der Waals surface area contributed by atoms with E-state index in [0.717, 1.165) is 18.3 Å². The number of halogens is 4. The maximum Gasteiger partial charge on any atom is 0.433 e. The molecule has 1 aromatic heterocycles. The van der Waals surface area contributed by atoms with Gasteiger partial charge in [0.2, 0.25) is 0 Å². The van der Waals surface area contributed by atoms with Crippen molar-refractivity contribution >= 4 is 0 Å². The lowest BCUT2D eigenvalue weighted by atomic mass is 9.87. The average molecular weight is 313 g/mol. The molecule has 0 atom stereocenters. The molecule has 0 radical (unpaired) electrons. The number of nitrogens with zero attached hydrogens (tertiary/aromatic N) is 1. The lowest BCUT2D eigenvalue weighted by Gasteiger charge is -2.20. The first kappa shape index (κ1) is 16.3. The summed E-state index contributed by atoms with van der Waals surface area (Å²) in [4.78, 5) is 3.24. The molecule has 0 aliphatic rings. The highest BCUT2D eigenvalue weighted by molar-refractivity contribution is 5.36. The Morgan fingerprint density at radius 1 is 0.955 bits per heavy atom. The van der Waals surface area contributed by atoms with Gasteiger partial charge >= 0.3 is 6.18 Å². The standard InChI is InChI=1S/C16H15F4NO/c1-15(2,3)12-5-4-10(8-13(12)17)22-11-6-7-21-14(9-11)16(18,19)20/h4-9H,1-3H3. The summed E-state index contributed by atoms with van der Waals surface area (Å²) in [5, 5.41) is 0. The van der Waals surface area contributed by atoms with Crippen molar-refractivity contribution < 1.29 is 22.3 Å². The minimum atomic E-state index is -4.55. The summed E-state index contributed by atoms with van der Waals surface area (Å²) in [5.41, 5.74) is -0.926. The fourth-order valence-electron chi connectivity index (χ4n) is 1.93. The van der Waals surface area contributed by atoms with Gasteiger partial charge in [0.15, 0.2) is 0 Å². The van der Waals surface area contributed by atoms with Crippen molar-refractivity contribution in [2.45, 2.75) is 32.4 Å². The van der Waals surface area contributed by atoms with Gasteiger partial charge in [-0.05, 0) is 23.1 Å². The van der Waals surface area contributed by atoms with Crippen molar-refractivity contribution in [1.82, 2.24) is 4.98 Å². The molecule has 2 nitrogen and oxygen atoms in total. The van der Waals surface area contributed by atoms with Crippen LogP contribution in [0.1, 0.15) is 32.0 Å². The van der Waals surface area contributed by atoms with Crippen LogP contribution in [0.3, 0.4) is 0 Å². The van der Waals surface area contributed by atoms with Crippen LogP contribution in [0.2, 0.25) is 0 Å². The molecule has 1 heterocycles. The molecule has 2 rings (SSSR count). The van der Waals surface area contributed by atoms with Crippen molar-refractivity contribution in [2.75, 3.05) is 0 Å². The number of pyridine rings is 1. The Balaban J connectivity index is 2.27. The fraction of sp³-hybridized carbons (Fsp3) is 0.312. The van der Waals surface area contributed by atoms with Gasteiger partial charge in [-0.15, -0.1) is 0 Å². The van der Waals surface area contributed by atoms with Gasteiger partial charge in [-0.2, -0.15) is 13.2 Å². The van der Waals surface area contributed by atoms with Crippen LogP contribution in [0.4, 0.5) is 17.6 Å². The largest absolute Gasteiger partial charge is 0.457 e. The Kier molecular flexibility index (Phi) is 4.13. The van der Waals surface area contributed by atoms with Crippen molar-refractivity contribution in [3.8, 4) is 11.5 Å². The molecule has 118 valence electrons. The molecule has 22 heavy (non-hydrogen) atoms. The first-order chi connectivity index (χ1) is 10.1. The van der Waals surface area contributed by atoms with E-state index < -0.39 is 17.7 Å². The number of ether oxygens (including phenoxy) is 1. The summed E-state index contributed by atoms with van der Waals surface area (Å²) in [6, 6.07) is 6.31. The normalized spacial score (nSPS) is 12.3. The molecular weight excluding hydrogens is 298 g/mol. The molecule has 6 heteroatoms. The fourth-order valence-corrected chi connectivity index (χ4v) is 1.93. The minimum Gasteiger partial charge on any atom is -0.457 e. The Morgan fingerprint density at radius 3 is 2.14 bits per heavy atom. The summed E-state index contributed by atoms with van der Waals surface area (Å²) in [6.07, 6.45) is -3.56. The van der Waals surface area contributed by atoms with Crippen LogP contribution >= 0.6 is 0 Å². The predicted molar refractivity (Wildman–Crippen MR) is 74.4 cm³/mol. The van der Waals surface area contributed by atoms with Gasteiger partial charge in [0.05, 0.1) is 0 Å². The lowest BCUT2D eigenvalue weighted by molar-refractivity contribution is -0.141. The first-order valence-corrected chi connectivity index (χ1v) is 6.58. The molecular formula is C16H15F4NO. The van der Waals surface area contributed by atoms with Gasteiger partial charge in [0, 0.05) is 18.3 Å². The van der Waals surface area contributed by atoms with Crippen LogP contribution in [0.25, 0.3) is 0 Å². The predicted octanol–water partition coefficient (Wildman–Crippen LogP) is 5.33. The highest BCUT2D eigenvalue weighted by Crippen LogP contribution is 2.32. The third-order valence-corrected chi connectivity index (χ3v) is 3.01. The van der Waals surface area contributed by atoms with E-state index in [2.05, 4.69) is 4.98 Å². The Hall–Kier alpha value is -2.11. The molecule has 0 aliphatic heterocycles. The monoisotopic (exact) mass is 313 g/mol. The second-order valence-electron chi connectivity index (χ2n) is 5.87. The van der Waals surface area contributed by atoms with E-state index in [1.165, 1.54) is 12.1 Å². The molecule has 0 aliphatic carbocycles. The van der Waals surface area contributed by atoms with Gasteiger partial charge in [0.1, 0.15) is 23.0 Å². The number of hydrogen-bond donors (Lipinski definition) is 0. The van der Waals surface area contributed by atoms with Crippen molar-refractivity contribution in [1.29, 1.82) is 0 Å². The van der Waals surface area contributed by atoms with Gasteiger partial charge in [0.25, 0.3) is 0 Å². The SMILES string of the molecule is CC(C)(C)c1ccc(Oc2ccnc(C(F)(F)F)c2)cc1F. The van der Waals surface area contributed by atoms with E-state index in [-0.39, 0.29) is 16.9 Å². The smallest absolute Gasteiger partial charge is 0.433 e. The Bertz CT molecular complexity index is 675. The quantitative estimate of drug-likeness (QED) is 0.699. The van der Waals surface area contributed by atoms with E-state index in [1.807, 2.05) is 20.8 Å². The average Bonchev–Trinajstić information content (AvgIpc) is 2.36. The summed E-state index contributed by atoms with van der Waals surface area (Å²) in [6.45, 7) is 5.60. The molecule has 0 amide bonds. The minimum absolute atomic E-state index is 0.0507. The summed E-state index contributed by atoms with van der Waals surface area (Å²) in [5.74, 6) is -0.384. The molecule has 0 bridgehead atoms. The maximum absolute atomic E-state index is 14.0. The molecule has 0 saturated heterocycles. The second kappa shape index (κ2) is 5.59. The van der Waals surface area contributed by atoms with Crippen LogP contribution in [0, 0.1) is 5.82 Å². The zero-order valence-corrected chi connectivity index (χ0v) is 12.3. The highest BCUT2D eigenvalue weighted by atomic mass is 19.4. The molecule has 1 aromatic carbocycles. The van der Waals surface area contributed by atoms with Crippen LogP contribution in [0.15, 0.2) is 36.5 Å². The van der Waals surface area contributed by atoms with Crippen LogP contribution in [-0.4, -0.2) is 4.98 Å². The number of hydrogen-bond acceptors (Lipinski definition) is 2. The molecule has 0 unspecified atom stereocenters. The first-order valence-electron chi connectivity index (χ1n) is 6.58. The number of aromatic nitrogens is 1. The van der Waals surface area contributed by atoms with Crippen molar-refractivity contribution in [2.24, 2.45) is 0 Å². The Morgan fingerprint density at radius 2 is 1.59 bits per heavy atom. The number of alkyl halides is 3. The second-order valence-corrected chi connectivity index (χ2v) is 5.87. The third-order valence-electron chi connectivity index (χ3n) is 3.01. The maximum atomic E-state index is 14.0. The summed E-state index contributed by atoms with van der Waals surface area (Å²) < 4.78 is 57.1. The van der Waals surface area contributed by atoms with Crippen LogP contribution < -0.4 is 4.74 Å². The lowest BCUT2D eigenvalue weighted by Crippen LogP contribution is -2.13. The van der Waals surface area contributed by atoms with Crippen LogP contribution in [0.5, 0.6) is 11.5 Å². The number of benzene rings is 1. The molecule has 0 spiro atoms. The Labute approximate surface area is 125 Å². The summed E-state index contributed by atoms with van der Waals surface area (Å²) >= 11 is 0. The van der Waals surface area contributed by atoms with Gasteiger partial charge in [-0.25, -0.2) is 4.39 Å². The summed E-state index contributed by atoms with van der Waals surface area (Å²) in [7, 11) is 0. The highest BCUT2D eigenvalue weighted by Gasteiger charge is 2.32. The van der Waals surface area contributed by atoms with Gasteiger partial charge in [-0.3, -0.25) is 4.98 Å². The van der Waals surface area contributed by atoms with E-state index in [4.69, 9.17) is 4.74 Å². The van der Waals surface area contributed by atoms with E-state index in [0.29, 0.717) is 5.56 Å². The topological polar surface area (TPSA) is 22.1 Å². The van der Waals surface area contributed by atoms with E-state index >= 15 is 0 Å². The number of rotatable bonds is 2. The third kappa shape index (κ3) is 3.75. The van der Waals surface area contributed by atoms with Gasteiger partial charge < -0.3 is 4.74 Å². The molecule has 0 N–H and O–H groups in total. The zero-order chi connectivity index (χ0) is 16.5. The van der Waals surface area contributed by atoms with Gasteiger partial charge in [-0.1, -0.05) is 26.8 Å². The molecule has 2 aromatic rings. The molecule has 0 fully saturated rings. The molecule has 0 saturated carbocycles. The van der Waals surface area contributed by atoms with Crippen molar-refractivity contribution in [3.63, 3.8) is 0 Å². The van der Waals surface area contributed by atoms with Crippen molar-refractivity contribution in [3.05, 3.63) is 53.6 Å².